The van der Waals surface area contributed by atoms with Gasteiger partial charge in [0.1, 0.15) is 5.78 Å². The Morgan fingerprint density at radius 2 is 2.06 bits per heavy atom. The number of carbonyl (C=O) groups is 1. The Morgan fingerprint density at radius 3 is 2.72 bits per heavy atom. The van der Waals surface area contributed by atoms with Crippen LogP contribution in [-0.4, -0.2) is 29.8 Å². The lowest BCUT2D eigenvalue weighted by Gasteiger charge is -2.34. The molecule has 1 aliphatic rings. The molecule has 0 aromatic heterocycles. The number of hydrogen-bond donors (Lipinski definition) is 0. The van der Waals surface area contributed by atoms with E-state index in [4.69, 9.17) is 0 Å². The maximum absolute atomic E-state index is 12.3. The van der Waals surface area contributed by atoms with E-state index in [0.717, 1.165) is 31.5 Å². The van der Waals surface area contributed by atoms with Gasteiger partial charge in [-0.05, 0) is 38.8 Å². The van der Waals surface area contributed by atoms with Gasteiger partial charge in [-0.1, -0.05) is 30.3 Å². The summed E-state index contributed by atoms with van der Waals surface area (Å²) in [6.45, 7) is 6.52. The van der Waals surface area contributed by atoms with E-state index in [1.807, 2.05) is 30.3 Å². The first-order valence-corrected chi connectivity index (χ1v) is 6.97. The quantitative estimate of drug-likeness (QED) is 0.813. The van der Waals surface area contributed by atoms with E-state index in [1.54, 1.807) is 0 Å². The molecule has 2 nitrogen and oxygen atoms in total. The highest BCUT2D eigenvalue weighted by Gasteiger charge is 2.26. The Hall–Kier alpha value is -1.15. The third-order valence-electron chi connectivity index (χ3n) is 3.86. The lowest BCUT2D eigenvalue weighted by Crippen LogP contribution is -2.42. The summed E-state index contributed by atoms with van der Waals surface area (Å²) in [6.07, 6.45) is 2.82. The highest BCUT2D eigenvalue weighted by molar-refractivity contribution is 5.83. The van der Waals surface area contributed by atoms with Gasteiger partial charge in [0.05, 0.1) is 0 Å². The summed E-state index contributed by atoms with van der Waals surface area (Å²) in [6, 6.07) is 10.6. The molecule has 0 radical (unpaired) electrons. The lowest BCUT2D eigenvalue weighted by molar-refractivity contribution is -0.124. The van der Waals surface area contributed by atoms with Gasteiger partial charge in [0.25, 0.3) is 0 Å². The molecule has 1 aromatic rings. The normalized spacial score (nSPS) is 21.2. The van der Waals surface area contributed by atoms with Gasteiger partial charge in [-0.15, -0.1) is 0 Å². The number of nitrogens with zero attached hydrogens (tertiary/aromatic N) is 1. The van der Waals surface area contributed by atoms with E-state index in [2.05, 4.69) is 18.7 Å². The SMILES string of the molecule is CC(C)N1CCCC(C(=O)Cc2ccccc2)C1. The van der Waals surface area contributed by atoms with Crippen molar-refractivity contribution in [1.82, 2.24) is 4.90 Å². The molecule has 0 bridgehead atoms. The molecule has 0 spiro atoms. The monoisotopic (exact) mass is 245 g/mol. The Morgan fingerprint density at radius 1 is 1.33 bits per heavy atom. The summed E-state index contributed by atoms with van der Waals surface area (Å²) in [4.78, 5) is 14.7. The summed E-state index contributed by atoms with van der Waals surface area (Å²) in [5, 5.41) is 0. The maximum atomic E-state index is 12.3. The zero-order valence-corrected chi connectivity index (χ0v) is 11.4. The van der Waals surface area contributed by atoms with Crippen molar-refractivity contribution in [2.24, 2.45) is 5.92 Å². The number of likely N-dealkylation sites (tertiary alicyclic amines) is 1. The predicted octanol–water partition coefficient (Wildman–Crippen LogP) is 2.92. The highest BCUT2D eigenvalue weighted by atomic mass is 16.1. The van der Waals surface area contributed by atoms with Gasteiger partial charge in [0.2, 0.25) is 0 Å². The van der Waals surface area contributed by atoms with Crippen molar-refractivity contribution in [3.8, 4) is 0 Å². The number of rotatable bonds is 4. The van der Waals surface area contributed by atoms with Crippen LogP contribution in [0.5, 0.6) is 0 Å². The third-order valence-corrected chi connectivity index (χ3v) is 3.86. The topological polar surface area (TPSA) is 20.3 Å². The van der Waals surface area contributed by atoms with Gasteiger partial charge in [0, 0.05) is 24.9 Å². The van der Waals surface area contributed by atoms with E-state index in [9.17, 15) is 4.79 Å². The molecule has 2 heteroatoms. The van der Waals surface area contributed by atoms with Gasteiger partial charge in [-0.2, -0.15) is 0 Å². The minimum atomic E-state index is 0.237. The standard InChI is InChI=1S/C16H23NO/c1-13(2)17-10-6-9-15(12-17)16(18)11-14-7-4-3-5-8-14/h3-5,7-8,13,15H,6,9-12H2,1-2H3. The van der Waals surface area contributed by atoms with Crippen molar-refractivity contribution < 1.29 is 4.79 Å². The molecule has 1 atom stereocenters. The molecule has 0 amide bonds. The molecule has 1 aromatic carbocycles. The number of hydrogen-bond acceptors (Lipinski definition) is 2. The van der Waals surface area contributed by atoms with Crippen LogP contribution in [0.2, 0.25) is 0 Å². The second-order valence-corrected chi connectivity index (χ2v) is 5.56. The number of benzene rings is 1. The molecular formula is C16H23NO. The highest BCUT2D eigenvalue weighted by Crippen LogP contribution is 2.20. The van der Waals surface area contributed by atoms with Gasteiger partial charge in [0.15, 0.2) is 0 Å². The minimum Gasteiger partial charge on any atom is -0.300 e. The average Bonchev–Trinajstić information content (AvgIpc) is 2.40. The lowest BCUT2D eigenvalue weighted by atomic mass is 9.90. The minimum absolute atomic E-state index is 0.237. The number of piperidine rings is 1. The van der Waals surface area contributed by atoms with Crippen molar-refractivity contribution in [2.75, 3.05) is 13.1 Å². The Labute approximate surface area is 110 Å². The fraction of sp³-hybridized carbons (Fsp3) is 0.562. The second kappa shape index (κ2) is 6.14. The van der Waals surface area contributed by atoms with Gasteiger partial charge in [-0.3, -0.25) is 4.79 Å². The Balaban J connectivity index is 1.93. The van der Waals surface area contributed by atoms with Crippen molar-refractivity contribution in [2.45, 2.75) is 39.2 Å². The van der Waals surface area contributed by atoms with Crippen LogP contribution in [0.3, 0.4) is 0 Å². The number of ketones is 1. The predicted molar refractivity (Wildman–Crippen MR) is 74.6 cm³/mol. The molecule has 0 saturated carbocycles. The summed E-state index contributed by atoms with van der Waals surface area (Å²) in [5.41, 5.74) is 1.14. The maximum Gasteiger partial charge on any atom is 0.141 e. The van der Waals surface area contributed by atoms with Crippen molar-refractivity contribution in [3.05, 3.63) is 35.9 Å². The molecule has 1 saturated heterocycles. The molecule has 1 heterocycles. The van der Waals surface area contributed by atoms with Crippen LogP contribution in [0.25, 0.3) is 0 Å². The summed E-state index contributed by atoms with van der Waals surface area (Å²) < 4.78 is 0. The van der Waals surface area contributed by atoms with Crippen LogP contribution in [-0.2, 0) is 11.2 Å². The van der Waals surface area contributed by atoms with Crippen LogP contribution in [0, 0.1) is 5.92 Å². The third kappa shape index (κ3) is 3.42. The molecule has 98 valence electrons. The molecule has 1 unspecified atom stereocenters. The summed E-state index contributed by atoms with van der Waals surface area (Å²) in [5.74, 6) is 0.646. The first-order valence-electron chi connectivity index (χ1n) is 6.97. The Bertz CT molecular complexity index is 385. The zero-order chi connectivity index (χ0) is 13.0. The Kier molecular flexibility index (Phi) is 4.54. The fourth-order valence-electron chi connectivity index (χ4n) is 2.68. The van der Waals surface area contributed by atoms with Crippen molar-refractivity contribution in [3.63, 3.8) is 0 Å². The largest absolute Gasteiger partial charge is 0.300 e. The van der Waals surface area contributed by atoms with Gasteiger partial charge >= 0.3 is 0 Å². The summed E-state index contributed by atoms with van der Waals surface area (Å²) >= 11 is 0. The molecule has 0 N–H and O–H groups in total. The number of Topliss-reactive ketones (excluding diaryl/α,β-unsaturated/α-hetero) is 1. The van der Waals surface area contributed by atoms with Crippen LogP contribution < -0.4 is 0 Å². The number of carbonyl (C=O) groups excluding carboxylic acids is 1. The van der Waals surface area contributed by atoms with Crippen molar-refractivity contribution in [1.29, 1.82) is 0 Å². The van der Waals surface area contributed by atoms with E-state index >= 15 is 0 Å². The average molecular weight is 245 g/mol. The first-order chi connectivity index (χ1) is 8.66. The molecule has 2 rings (SSSR count). The first kappa shape index (κ1) is 13.3. The van der Waals surface area contributed by atoms with Crippen LogP contribution in [0.4, 0.5) is 0 Å². The molecule has 1 aliphatic heterocycles. The molecular weight excluding hydrogens is 222 g/mol. The molecule has 1 fully saturated rings. The van der Waals surface area contributed by atoms with Crippen LogP contribution >= 0.6 is 0 Å². The van der Waals surface area contributed by atoms with Crippen LogP contribution in [0.1, 0.15) is 32.3 Å². The zero-order valence-electron chi connectivity index (χ0n) is 11.4. The second-order valence-electron chi connectivity index (χ2n) is 5.56. The van der Waals surface area contributed by atoms with Crippen molar-refractivity contribution >= 4 is 5.78 Å². The van der Waals surface area contributed by atoms with Crippen LogP contribution in [0.15, 0.2) is 30.3 Å². The van der Waals surface area contributed by atoms with E-state index < -0.39 is 0 Å². The molecule has 18 heavy (non-hydrogen) atoms. The van der Waals surface area contributed by atoms with E-state index in [-0.39, 0.29) is 5.92 Å². The molecule has 0 aliphatic carbocycles. The summed E-state index contributed by atoms with van der Waals surface area (Å²) in [7, 11) is 0. The van der Waals surface area contributed by atoms with Gasteiger partial charge < -0.3 is 4.90 Å². The van der Waals surface area contributed by atoms with E-state index in [1.165, 1.54) is 0 Å². The van der Waals surface area contributed by atoms with E-state index in [0.29, 0.717) is 18.2 Å². The van der Waals surface area contributed by atoms with Gasteiger partial charge in [-0.25, -0.2) is 0 Å². The smallest absolute Gasteiger partial charge is 0.141 e. The fourth-order valence-corrected chi connectivity index (χ4v) is 2.68.